The molecule has 1 N–H and O–H groups in total. The molecule has 3 heterocycles. The zero-order valence-electron chi connectivity index (χ0n) is 16.8. The molecular formula is C19H29N5O3. The number of aryl methyl sites for hydroxylation is 1. The molecule has 3 rings (SSSR count). The first kappa shape index (κ1) is 19.4. The first-order valence-corrected chi connectivity index (χ1v) is 9.41. The van der Waals surface area contributed by atoms with Crippen molar-refractivity contribution in [3.05, 3.63) is 11.3 Å². The van der Waals surface area contributed by atoms with Crippen molar-refractivity contribution in [2.45, 2.75) is 46.1 Å². The van der Waals surface area contributed by atoms with Crippen LogP contribution in [0.5, 0.6) is 0 Å². The third-order valence-electron chi connectivity index (χ3n) is 6.07. The van der Waals surface area contributed by atoms with Crippen LogP contribution in [0.25, 0.3) is 0 Å². The van der Waals surface area contributed by atoms with Crippen molar-refractivity contribution in [3.63, 3.8) is 0 Å². The quantitative estimate of drug-likeness (QED) is 0.855. The Hall–Kier alpha value is -2.38. The van der Waals surface area contributed by atoms with Crippen LogP contribution in [0.1, 0.15) is 37.4 Å². The lowest BCUT2D eigenvalue weighted by Gasteiger charge is -2.40. The molecule has 1 amide bonds. The van der Waals surface area contributed by atoms with Gasteiger partial charge in [-0.1, -0.05) is 0 Å². The van der Waals surface area contributed by atoms with Crippen LogP contribution in [0, 0.1) is 19.3 Å². The van der Waals surface area contributed by atoms with Gasteiger partial charge in [-0.05, 0) is 38.5 Å². The zero-order valence-corrected chi connectivity index (χ0v) is 16.8. The number of hydrogen-bond donors (Lipinski definition) is 1. The van der Waals surface area contributed by atoms with E-state index in [1.807, 2.05) is 32.8 Å². The summed E-state index contributed by atoms with van der Waals surface area (Å²) in [4.78, 5) is 38.5. The maximum Gasteiger partial charge on any atom is 0.326 e. The molecule has 0 saturated carbocycles. The summed E-state index contributed by atoms with van der Waals surface area (Å²) in [6.07, 6.45) is 2.27. The molecule has 1 aromatic rings. The van der Waals surface area contributed by atoms with Crippen molar-refractivity contribution in [2.24, 2.45) is 5.41 Å². The summed E-state index contributed by atoms with van der Waals surface area (Å²) in [7, 11) is 3.86. The Morgan fingerprint density at radius 2 is 1.81 bits per heavy atom. The van der Waals surface area contributed by atoms with E-state index in [1.165, 1.54) is 11.8 Å². The summed E-state index contributed by atoms with van der Waals surface area (Å²) in [6.45, 7) is 7.66. The van der Waals surface area contributed by atoms with Crippen LogP contribution in [0.15, 0.2) is 0 Å². The summed E-state index contributed by atoms with van der Waals surface area (Å²) < 4.78 is 0. The number of piperidine rings is 1. The molecule has 8 nitrogen and oxygen atoms in total. The minimum absolute atomic E-state index is 0.106. The normalized spacial score (nSPS) is 21.6. The van der Waals surface area contributed by atoms with Gasteiger partial charge >= 0.3 is 5.97 Å². The molecule has 0 aromatic carbocycles. The molecule has 0 aliphatic carbocycles. The van der Waals surface area contributed by atoms with Gasteiger partial charge in [-0.2, -0.15) is 4.98 Å². The monoisotopic (exact) mass is 375 g/mol. The molecule has 2 aliphatic rings. The highest BCUT2D eigenvalue weighted by Crippen LogP contribution is 2.44. The summed E-state index contributed by atoms with van der Waals surface area (Å²) in [5.41, 5.74) is 1.95. The van der Waals surface area contributed by atoms with E-state index in [2.05, 4.69) is 9.88 Å². The number of carbonyl (C=O) groups is 2. The second-order valence-corrected chi connectivity index (χ2v) is 8.14. The first-order valence-electron chi connectivity index (χ1n) is 9.41. The van der Waals surface area contributed by atoms with Gasteiger partial charge in [0.25, 0.3) is 0 Å². The van der Waals surface area contributed by atoms with Crippen molar-refractivity contribution in [1.29, 1.82) is 0 Å². The van der Waals surface area contributed by atoms with Gasteiger partial charge in [-0.25, -0.2) is 9.78 Å². The van der Waals surface area contributed by atoms with Gasteiger partial charge in [0.05, 0.1) is 0 Å². The standard InChI is InChI=1S/C19H29N5O3/c1-12-13(2)20-18(22(4)5)21-16(12)23-8-6-19(7-9-23)10-15(17(26)27)24(11-19)14(3)25/h15H,6-11H2,1-5H3,(H,26,27)/t15-/m1/s1. The van der Waals surface area contributed by atoms with Gasteiger partial charge in [0.15, 0.2) is 0 Å². The second kappa shape index (κ2) is 6.98. The van der Waals surface area contributed by atoms with E-state index in [1.54, 1.807) is 0 Å². The van der Waals surface area contributed by atoms with Crippen molar-refractivity contribution < 1.29 is 14.7 Å². The van der Waals surface area contributed by atoms with Crippen LogP contribution in [-0.2, 0) is 9.59 Å². The number of aromatic nitrogens is 2. The Balaban J connectivity index is 1.78. The van der Waals surface area contributed by atoms with E-state index in [0.29, 0.717) is 18.9 Å². The average Bonchev–Trinajstić information content (AvgIpc) is 2.98. The molecule has 0 radical (unpaired) electrons. The van der Waals surface area contributed by atoms with Crippen molar-refractivity contribution in [2.75, 3.05) is 43.5 Å². The lowest BCUT2D eigenvalue weighted by molar-refractivity contribution is -0.147. The number of carbonyl (C=O) groups excluding carboxylic acids is 1. The molecule has 0 bridgehead atoms. The van der Waals surface area contributed by atoms with Crippen LogP contribution in [-0.4, -0.2) is 71.6 Å². The third-order valence-corrected chi connectivity index (χ3v) is 6.07. The number of carboxylic acids is 1. The molecule has 1 aromatic heterocycles. The SMILES string of the molecule is CC(=O)N1CC2(CCN(c3nc(N(C)C)nc(C)c3C)CC2)C[C@@H]1C(=O)O. The maximum absolute atomic E-state index is 11.9. The van der Waals surface area contributed by atoms with Gasteiger partial charge in [0.1, 0.15) is 11.9 Å². The van der Waals surface area contributed by atoms with E-state index >= 15 is 0 Å². The van der Waals surface area contributed by atoms with Gasteiger partial charge in [-0.15, -0.1) is 0 Å². The first-order chi connectivity index (χ1) is 12.6. The molecule has 1 spiro atoms. The van der Waals surface area contributed by atoms with Crippen molar-refractivity contribution in [3.8, 4) is 0 Å². The number of carboxylic acid groups (broad SMARTS) is 1. The topological polar surface area (TPSA) is 89.9 Å². The Morgan fingerprint density at radius 1 is 1.19 bits per heavy atom. The minimum atomic E-state index is -0.901. The maximum atomic E-state index is 11.9. The summed E-state index contributed by atoms with van der Waals surface area (Å²) in [6, 6.07) is -0.697. The molecule has 1 atom stereocenters. The molecule has 2 aliphatic heterocycles. The van der Waals surface area contributed by atoms with E-state index in [9.17, 15) is 14.7 Å². The Morgan fingerprint density at radius 3 is 2.30 bits per heavy atom. The van der Waals surface area contributed by atoms with Crippen molar-refractivity contribution in [1.82, 2.24) is 14.9 Å². The minimum Gasteiger partial charge on any atom is -0.480 e. The second-order valence-electron chi connectivity index (χ2n) is 8.14. The number of hydrogen-bond acceptors (Lipinski definition) is 6. The Kier molecular flexibility index (Phi) is 5.01. The van der Waals surface area contributed by atoms with Crippen LogP contribution in [0.4, 0.5) is 11.8 Å². The third kappa shape index (κ3) is 3.57. The molecule has 27 heavy (non-hydrogen) atoms. The fraction of sp³-hybridized carbons (Fsp3) is 0.684. The summed E-state index contributed by atoms with van der Waals surface area (Å²) >= 11 is 0. The predicted molar refractivity (Wildman–Crippen MR) is 103 cm³/mol. The summed E-state index contributed by atoms with van der Waals surface area (Å²) in [5, 5.41) is 9.50. The Bertz CT molecular complexity index is 732. The highest BCUT2D eigenvalue weighted by atomic mass is 16.4. The highest BCUT2D eigenvalue weighted by molar-refractivity contribution is 5.83. The number of anilines is 2. The van der Waals surface area contributed by atoms with Crippen LogP contribution >= 0.6 is 0 Å². The zero-order chi connectivity index (χ0) is 19.9. The largest absolute Gasteiger partial charge is 0.480 e. The average molecular weight is 375 g/mol. The molecule has 8 heteroatoms. The van der Waals surface area contributed by atoms with Crippen LogP contribution in [0.2, 0.25) is 0 Å². The van der Waals surface area contributed by atoms with Crippen LogP contribution in [0.3, 0.4) is 0 Å². The van der Waals surface area contributed by atoms with Gasteiger partial charge < -0.3 is 19.8 Å². The highest BCUT2D eigenvalue weighted by Gasteiger charge is 2.49. The number of amides is 1. The molecule has 148 valence electrons. The van der Waals surface area contributed by atoms with Gasteiger partial charge in [-0.3, -0.25) is 4.79 Å². The molecular weight excluding hydrogens is 346 g/mol. The fourth-order valence-electron chi connectivity index (χ4n) is 4.27. The molecule has 2 fully saturated rings. The van der Waals surface area contributed by atoms with E-state index in [4.69, 9.17) is 4.98 Å². The molecule has 0 unspecified atom stereocenters. The smallest absolute Gasteiger partial charge is 0.326 e. The van der Waals surface area contributed by atoms with E-state index in [0.717, 1.165) is 43.0 Å². The lowest BCUT2D eigenvalue weighted by Crippen LogP contribution is -2.43. The predicted octanol–water partition coefficient (Wildman–Crippen LogP) is 1.45. The fourth-order valence-corrected chi connectivity index (χ4v) is 4.27. The number of aliphatic carboxylic acids is 1. The number of likely N-dealkylation sites (tertiary alicyclic amines) is 1. The number of nitrogens with zero attached hydrogens (tertiary/aromatic N) is 5. The summed E-state index contributed by atoms with van der Waals surface area (Å²) in [5.74, 6) is 0.599. The Labute approximate surface area is 160 Å². The van der Waals surface area contributed by atoms with E-state index in [-0.39, 0.29) is 11.3 Å². The van der Waals surface area contributed by atoms with Gasteiger partial charge in [0.2, 0.25) is 11.9 Å². The molecule has 2 saturated heterocycles. The number of rotatable bonds is 3. The van der Waals surface area contributed by atoms with Crippen molar-refractivity contribution >= 4 is 23.6 Å². The van der Waals surface area contributed by atoms with Crippen LogP contribution < -0.4 is 9.80 Å². The lowest BCUT2D eigenvalue weighted by atomic mass is 9.76. The van der Waals surface area contributed by atoms with E-state index < -0.39 is 12.0 Å². The van der Waals surface area contributed by atoms with Gasteiger partial charge in [0, 0.05) is 51.9 Å².